The first-order valence-corrected chi connectivity index (χ1v) is 20.8. The fraction of sp³-hybridized carbons (Fsp3) is 0. The zero-order chi connectivity index (χ0) is 44.3. The Morgan fingerprint density at radius 1 is 0.188 bits per heavy atom. The highest BCUT2D eigenvalue weighted by molar-refractivity contribution is 6.70. The monoisotopic (exact) mass is 782 g/mol. The molecule has 0 aliphatic carbocycles. The summed E-state index contributed by atoms with van der Waals surface area (Å²) in [4.78, 5) is 0. The molecule has 0 saturated heterocycles. The fourth-order valence-corrected chi connectivity index (χ4v) is 10.0. The highest BCUT2D eigenvalue weighted by Gasteiger charge is 2.23. The molecular weight excluding hydrogens is 757 g/mol. The summed E-state index contributed by atoms with van der Waals surface area (Å²) in [5, 5.41) is 12.3. The van der Waals surface area contributed by atoms with Crippen LogP contribution in [0.5, 0.6) is 0 Å². The molecule has 0 N–H and O–H groups in total. The molecule has 0 atom stereocenters. The second-order valence-electron chi connectivity index (χ2n) is 16.5. The van der Waals surface area contributed by atoms with E-state index in [-0.39, 0.29) is 32.8 Å². The van der Waals surface area contributed by atoms with Crippen molar-refractivity contribution in [3.8, 4) is 44.5 Å². The maximum absolute atomic E-state index is 6.74. The number of fused-ring (bicyclic) bond motifs is 7. The molecule has 0 nitrogen and oxygen atoms in total. The molecule has 0 amide bonds. The highest BCUT2D eigenvalue weighted by atomic mass is 14.2. The third-order valence-electron chi connectivity index (χ3n) is 13.2. The van der Waals surface area contributed by atoms with Crippen LogP contribution < -0.4 is 54.6 Å². The van der Waals surface area contributed by atoms with Crippen molar-refractivity contribution in [2.24, 2.45) is 0 Å². The molecule has 10 heteroatoms. The van der Waals surface area contributed by atoms with Crippen molar-refractivity contribution in [3.05, 3.63) is 146 Å². The van der Waals surface area contributed by atoms with Gasteiger partial charge in [-0.1, -0.05) is 155 Å². The molecule has 64 heavy (non-hydrogen) atoms. The van der Waals surface area contributed by atoms with Crippen molar-refractivity contribution in [2.75, 3.05) is 0 Å². The van der Waals surface area contributed by atoms with Gasteiger partial charge in [0.1, 0.15) is 78.5 Å². The molecule has 0 bridgehead atoms. The molecule has 0 aliphatic rings. The van der Waals surface area contributed by atoms with Crippen LogP contribution in [0.4, 0.5) is 0 Å². The lowest BCUT2D eigenvalue weighted by molar-refractivity contribution is 1.69. The van der Waals surface area contributed by atoms with E-state index in [1.807, 2.05) is 48.5 Å². The smallest absolute Gasteiger partial charge is 0.112 e. The van der Waals surface area contributed by atoms with Crippen LogP contribution in [0.1, 0.15) is 0 Å². The lowest BCUT2D eigenvalue weighted by Crippen LogP contribution is -2.55. The maximum Gasteiger partial charge on any atom is 0.113 e. The number of hydrogen-bond donors (Lipinski definition) is 0. The molecule has 0 unspecified atom stereocenters. The number of benzene rings is 11. The summed E-state index contributed by atoms with van der Waals surface area (Å²) in [7, 11) is 65.3. The highest BCUT2D eigenvalue weighted by Crippen LogP contribution is 2.46. The summed E-state index contributed by atoms with van der Waals surface area (Å²) in [6.07, 6.45) is 0. The average Bonchev–Trinajstić information content (AvgIpc) is 3.33. The van der Waals surface area contributed by atoms with Gasteiger partial charge in [-0.05, 0) is 121 Å². The van der Waals surface area contributed by atoms with E-state index in [1.54, 1.807) is 0 Å². The molecule has 0 fully saturated rings. The van der Waals surface area contributed by atoms with Crippen molar-refractivity contribution in [1.29, 1.82) is 0 Å². The van der Waals surface area contributed by atoms with Crippen LogP contribution >= 0.6 is 0 Å². The summed E-state index contributed by atoms with van der Waals surface area (Å²) >= 11 is 0. The van der Waals surface area contributed by atoms with Gasteiger partial charge < -0.3 is 0 Å². The van der Waals surface area contributed by atoms with E-state index in [4.69, 9.17) is 78.5 Å². The molecule has 0 spiro atoms. The molecule has 11 aromatic rings. The van der Waals surface area contributed by atoms with Crippen molar-refractivity contribution in [3.63, 3.8) is 0 Å². The van der Waals surface area contributed by atoms with Gasteiger partial charge in [-0.3, -0.25) is 0 Å². The van der Waals surface area contributed by atoms with E-state index in [1.165, 1.54) is 0 Å². The summed E-state index contributed by atoms with van der Waals surface area (Å²) in [6, 6.07) is 50.9. The van der Waals surface area contributed by atoms with Gasteiger partial charge in [-0.25, -0.2) is 0 Å². The van der Waals surface area contributed by atoms with Gasteiger partial charge in [0.25, 0.3) is 0 Å². The first kappa shape index (κ1) is 40.4. The van der Waals surface area contributed by atoms with Crippen LogP contribution in [0.2, 0.25) is 0 Å². The van der Waals surface area contributed by atoms with Gasteiger partial charge in [-0.15, -0.1) is 32.8 Å². The zero-order valence-electron chi connectivity index (χ0n) is 34.6. The van der Waals surface area contributed by atoms with Gasteiger partial charge in [0, 0.05) is 0 Å². The Bertz CT molecular complexity index is 3430. The van der Waals surface area contributed by atoms with Crippen molar-refractivity contribution in [2.45, 2.75) is 0 Å². The Labute approximate surface area is 385 Å². The summed E-state index contributed by atoms with van der Waals surface area (Å²) in [6.45, 7) is 0. The Morgan fingerprint density at radius 2 is 0.406 bits per heavy atom. The molecule has 11 aromatic carbocycles. The third kappa shape index (κ3) is 5.84. The molecule has 0 aliphatic heterocycles. The predicted octanol–water partition coefficient (Wildman–Crippen LogP) is 3.21. The van der Waals surface area contributed by atoms with Crippen molar-refractivity contribution < 1.29 is 0 Å². The van der Waals surface area contributed by atoms with Gasteiger partial charge in [0.05, 0.1) is 0 Å². The minimum absolute atomic E-state index is 0.179. The Balaban J connectivity index is 1.18. The van der Waals surface area contributed by atoms with Crippen LogP contribution in [-0.2, 0) is 0 Å². The second-order valence-corrected chi connectivity index (χ2v) is 16.5. The predicted molar refractivity (Wildman–Crippen MR) is 287 cm³/mol. The van der Waals surface area contributed by atoms with E-state index < -0.39 is 0 Å². The molecule has 0 saturated carbocycles. The van der Waals surface area contributed by atoms with Crippen LogP contribution in [0.3, 0.4) is 0 Å². The number of hydrogen-bond acceptors (Lipinski definition) is 0. The molecular formula is C54H24B10. The van der Waals surface area contributed by atoms with Gasteiger partial charge >= 0.3 is 0 Å². The molecule has 270 valence electrons. The van der Waals surface area contributed by atoms with Gasteiger partial charge in [0.2, 0.25) is 0 Å². The van der Waals surface area contributed by atoms with Crippen molar-refractivity contribution >= 4 is 198 Å². The SMILES string of the molecule is [B]c1c([B])c([B])c(-c2c3ccccc3c(-c3ccc4ccc5ccc(-c6c7ccccc7c(-c7c([B])c([B])c([B])c([B])c7[B])c7ccccc67)cc5c4c3)c3ccccc23)c([B])c1[B]. The van der Waals surface area contributed by atoms with Crippen molar-refractivity contribution in [1.82, 2.24) is 0 Å². The molecule has 20 radical (unpaired) electrons. The lowest BCUT2D eigenvalue weighted by atomic mass is 9.59. The zero-order valence-corrected chi connectivity index (χ0v) is 34.6. The molecule has 0 aromatic heterocycles. The van der Waals surface area contributed by atoms with Gasteiger partial charge in [-0.2, -0.15) is 0 Å². The summed E-state index contributed by atoms with van der Waals surface area (Å²) in [5.41, 5.74) is 9.48. The first-order valence-electron chi connectivity index (χ1n) is 20.8. The van der Waals surface area contributed by atoms with Crippen LogP contribution in [0.15, 0.2) is 146 Å². The topological polar surface area (TPSA) is 0 Å². The maximum atomic E-state index is 6.74. The van der Waals surface area contributed by atoms with Crippen LogP contribution in [0, 0.1) is 0 Å². The van der Waals surface area contributed by atoms with Gasteiger partial charge in [0.15, 0.2) is 0 Å². The minimum Gasteiger partial charge on any atom is -0.112 e. The lowest BCUT2D eigenvalue weighted by Gasteiger charge is -2.25. The van der Waals surface area contributed by atoms with Crippen LogP contribution in [0.25, 0.3) is 109 Å². The Morgan fingerprint density at radius 3 is 0.672 bits per heavy atom. The quantitative estimate of drug-likeness (QED) is 0.147. The second kappa shape index (κ2) is 15.1. The molecule has 11 rings (SSSR count). The summed E-state index contributed by atoms with van der Waals surface area (Å²) < 4.78 is 0. The van der Waals surface area contributed by atoms with E-state index in [9.17, 15) is 0 Å². The largest absolute Gasteiger partial charge is 0.113 e. The van der Waals surface area contributed by atoms with E-state index in [0.717, 1.165) is 98.0 Å². The Kier molecular flexibility index (Phi) is 9.55. The third-order valence-corrected chi connectivity index (χ3v) is 13.2. The van der Waals surface area contributed by atoms with E-state index in [0.29, 0.717) is 33.0 Å². The van der Waals surface area contributed by atoms with E-state index >= 15 is 0 Å². The van der Waals surface area contributed by atoms with E-state index in [2.05, 4.69) is 97.1 Å². The molecule has 0 heterocycles. The average molecular weight is 781 g/mol. The Hall–Kier alpha value is -6.37. The van der Waals surface area contributed by atoms with Crippen LogP contribution in [-0.4, -0.2) is 78.5 Å². The standard InChI is InChI=1S/C54H24B10/c55-45-43(46(56)50(60)53(63)49(45)59)41-33-13-5-1-9-29(33)39(30-10-2-6-14-34(30)41)27-21-19-25-17-18-26-20-22-28(24-38(26)37(25)23-27)40-31-11-3-7-15-35(31)42(36-16-8-4-12-32(36)40)44-47(57)51(61)54(64)52(62)48(44)58/h1-24H. The normalized spacial score (nSPS) is 11.8. The number of rotatable bonds is 4. The summed E-state index contributed by atoms with van der Waals surface area (Å²) in [5.74, 6) is 0. The first-order chi connectivity index (χ1) is 31.0. The minimum atomic E-state index is 0.179. The fourth-order valence-electron chi connectivity index (χ4n) is 10.0.